The van der Waals surface area contributed by atoms with E-state index in [9.17, 15) is 4.79 Å². The number of hydrogen-bond acceptors (Lipinski definition) is 3. The number of likely N-dealkylation sites (N-methyl/N-ethyl adjacent to an activating group) is 1. The first-order valence-electron chi connectivity index (χ1n) is 7.84. The average molecular weight is 288 g/mol. The molecule has 2 saturated heterocycles. The summed E-state index contributed by atoms with van der Waals surface area (Å²) >= 11 is 0. The van der Waals surface area contributed by atoms with Crippen molar-refractivity contribution < 1.29 is 9.53 Å². The lowest BCUT2D eigenvalue weighted by Gasteiger charge is -2.30. The summed E-state index contributed by atoms with van der Waals surface area (Å²) in [5.74, 6) is 0.597. The summed E-state index contributed by atoms with van der Waals surface area (Å²) in [5.41, 5.74) is 2.00. The Labute approximate surface area is 126 Å². The molecule has 2 fully saturated rings. The van der Waals surface area contributed by atoms with Crippen molar-refractivity contribution in [1.82, 2.24) is 9.80 Å². The maximum Gasteiger partial charge on any atom is 0.254 e. The predicted octanol–water partition coefficient (Wildman–Crippen LogP) is 1.65. The minimum Gasteiger partial charge on any atom is -0.379 e. The number of carbonyl (C=O) groups excluding carboxylic acids is 1. The first kappa shape index (κ1) is 14.5. The predicted molar refractivity (Wildman–Crippen MR) is 82.5 cm³/mol. The lowest BCUT2D eigenvalue weighted by atomic mass is 10.0. The number of ether oxygens (including phenoxy) is 1. The van der Waals surface area contributed by atoms with Gasteiger partial charge in [0, 0.05) is 31.1 Å². The van der Waals surface area contributed by atoms with Crippen molar-refractivity contribution in [2.24, 2.45) is 5.92 Å². The van der Waals surface area contributed by atoms with E-state index in [1.54, 1.807) is 0 Å². The molecule has 0 aromatic heterocycles. The zero-order valence-electron chi connectivity index (χ0n) is 12.9. The Morgan fingerprint density at radius 3 is 2.86 bits per heavy atom. The van der Waals surface area contributed by atoms with Gasteiger partial charge in [0.25, 0.3) is 5.91 Å². The lowest BCUT2D eigenvalue weighted by Crippen LogP contribution is -2.44. The Morgan fingerprint density at radius 2 is 2.05 bits per heavy atom. The van der Waals surface area contributed by atoms with Crippen LogP contribution >= 0.6 is 0 Å². The molecule has 2 aliphatic rings. The fraction of sp³-hybridized carbons (Fsp3) is 0.588. The van der Waals surface area contributed by atoms with E-state index >= 15 is 0 Å². The summed E-state index contributed by atoms with van der Waals surface area (Å²) in [6.45, 7) is 6.18. The molecule has 4 heteroatoms. The third kappa shape index (κ3) is 2.97. The van der Waals surface area contributed by atoms with Crippen molar-refractivity contribution in [1.29, 1.82) is 0 Å². The highest BCUT2D eigenvalue weighted by Gasteiger charge is 2.33. The van der Waals surface area contributed by atoms with Gasteiger partial charge in [-0.3, -0.25) is 9.69 Å². The lowest BCUT2D eigenvalue weighted by molar-refractivity contribution is 0.0433. The summed E-state index contributed by atoms with van der Waals surface area (Å²) in [6.07, 6.45) is 0.894. The number of aryl methyl sites for hydroxylation is 1. The fourth-order valence-corrected chi connectivity index (χ4v) is 3.42. The third-order valence-electron chi connectivity index (χ3n) is 4.66. The van der Waals surface area contributed by atoms with Gasteiger partial charge in [-0.05, 0) is 25.1 Å². The quantitative estimate of drug-likeness (QED) is 0.829. The first-order valence-corrected chi connectivity index (χ1v) is 7.84. The Kier molecular flexibility index (Phi) is 4.27. The van der Waals surface area contributed by atoms with E-state index in [4.69, 9.17) is 4.74 Å². The van der Waals surface area contributed by atoms with Crippen molar-refractivity contribution >= 4 is 5.91 Å². The average Bonchev–Trinajstić information content (AvgIpc) is 2.75. The van der Waals surface area contributed by atoms with Crippen LogP contribution in [-0.2, 0) is 11.2 Å². The number of carbonyl (C=O) groups is 1. The van der Waals surface area contributed by atoms with Gasteiger partial charge >= 0.3 is 0 Å². The molecule has 0 saturated carbocycles. The van der Waals surface area contributed by atoms with E-state index in [-0.39, 0.29) is 5.91 Å². The minimum atomic E-state index is 0.180. The number of benzene rings is 1. The fourth-order valence-electron chi connectivity index (χ4n) is 3.42. The molecule has 0 aliphatic carbocycles. The molecule has 0 spiro atoms. The van der Waals surface area contributed by atoms with Crippen LogP contribution < -0.4 is 0 Å². The third-order valence-corrected chi connectivity index (χ3v) is 4.66. The Balaban J connectivity index is 1.84. The van der Waals surface area contributed by atoms with Gasteiger partial charge in [0.2, 0.25) is 0 Å². The first-order chi connectivity index (χ1) is 10.2. The molecular weight excluding hydrogens is 264 g/mol. The maximum absolute atomic E-state index is 12.9. The van der Waals surface area contributed by atoms with Crippen LogP contribution in [0.1, 0.15) is 22.8 Å². The van der Waals surface area contributed by atoms with Crippen LogP contribution in [0.2, 0.25) is 0 Å². The summed E-state index contributed by atoms with van der Waals surface area (Å²) in [6, 6.07) is 8.30. The second-order valence-electron chi connectivity index (χ2n) is 6.22. The summed E-state index contributed by atoms with van der Waals surface area (Å²) < 4.78 is 5.73. The number of hydrogen-bond donors (Lipinski definition) is 0. The molecule has 2 atom stereocenters. The normalized spacial score (nSPS) is 26.5. The van der Waals surface area contributed by atoms with Gasteiger partial charge in [0.15, 0.2) is 0 Å². The molecule has 3 rings (SSSR count). The van der Waals surface area contributed by atoms with Crippen LogP contribution in [0.5, 0.6) is 0 Å². The van der Waals surface area contributed by atoms with Gasteiger partial charge in [0.05, 0.1) is 19.3 Å². The monoisotopic (exact) mass is 288 g/mol. The van der Waals surface area contributed by atoms with Crippen LogP contribution in [0.25, 0.3) is 0 Å². The zero-order valence-corrected chi connectivity index (χ0v) is 12.9. The molecule has 114 valence electrons. The molecule has 1 amide bonds. The molecule has 2 bridgehead atoms. The standard InChI is InChI=1S/C17H24N2O2/c1-3-14-6-4-5-7-16(14)17(20)19-9-13-8-18(2)15(10-19)12-21-11-13/h4-7,13,15H,3,8-12H2,1-2H3/t13-,15+/m1/s1. The number of nitrogens with zero attached hydrogens (tertiary/aromatic N) is 2. The highest BCUT2D eigenvalue weighted by Crippen LogP contribution is 2.21. The van der Waals surface area contributed by atoms with Gasteiger partial charge < -0.3 is 9.64 Å². The van der Waals surface area contributed by atoms with Gasteiger partial charge in [0.1, 0.15) is 0 Å². The molecule has 1 aromatic carbocycles. The van der Waals surface area contributed by atoms with Crippen molar-refractivity contribution in [3.05, 3.63) is 35.4 Å². The van der Waals surface area contributed by atoms with E-state index in [0.717, 1.165) is 50.4 Å². The molecule has 0 N–H and O–H groups in total. The van der Waals surface area contributed by atoms with Gasteiger partial charge in [-0.1, -0.05) is 25.1 Å². The summed E-state index contributed by atoms with van der Waals surface area (Å²) in [7, 11) is 2.14. The molecule has 1 aromatic rings. The van der Waals surface area contributed by atoms with E-state index in [2.05, 4.69) is 24.9 Å². The Bertz CT molecular complexity index is 517. The molecule has 0 radical (unpaired) electrons. The number of amides is 1. The van der Waals surface area contributed by atoms with E-state index < -0.39 is 0 Å². The van der Waals surface area contributed by atoms with Crippen molar-refractivity contribution in [3.63, 3.8) is 0 Å². The second-order valence-corrected chi connectivity index (χ2v) is 6.22. The highest BCUT2D eigenvalue weighted by atomic mass is 16.5. The smallest absolute Gasteiger partial charge is 0.254 e. The van der Waals surface area contributed by atoms with Gasteiger partial charge in [-0.2, -0.15) is 0 Å². The van der Waals surface area contributed by atoms with Crippen molar-refractivity contribution in [3.8, 4) is 0 Å². The van der Waals surface area contributed by atoms with Gasteiger partial charge in [-0.15, -0.1) is 0 Å². The van der Waals surface area contributed by atoms with E-state index in [1.807, 2.05) is 23.1 Å². The van der Waals surface area contributed by atoms with Crippen LogP contribution in [0.15, 0.2) is 24.3 Å². The van der Waals surface area contributed by atoms with E-state index in [1.165, 1.54) is 0 Å². The summed E-state index contributed by atoms with van der Waals surface area (Å²) in [5, 5.41) is 0. The number of rotatable bonds is 2. The summed E-state index contributed by atoms with van der Waals surface area (Å²) in [4.78, 5) is 17.3. The Hall–Kier alpha value is -1.39. The molecule has 0 unspecified atom stereocenters. The molecule has 4 nitrogen and oxygen atoms in total. The highest BCUT2D eigenvalue weighted by molar-refractivity contribution is 5.95. The molecule has 2 heterocycles. The number of fused-ring (bicyclic) bond motifs is 3. The van der Waals surface area contributed by atoms with Crippen LogP contribution in [0.4, 0.5) is 0 Å². The molecule has 2 aliphatic heterocycles. The van der Waals surface area contributed by atoms with Crippen molar-refractivity contribution in [2.75, 3.05) is 39.9 Å². The molecule has 21 heavy (non-hydrogen) atoms. The van der Waals surface area contributed by atoms with Crippen LogP contribution in [0.3, 0.4) is 0 Å². The maximum atomic E-state index is 12.9. The second kappa shape index (κ2) is 6.16. The largest absolute Gasteiger partial charge is 0.379 e. The van der Waals surface area contributed by atoms with E-state index in [0.29, 0.717) is 12.0 Å². The SMILES string of the molecule is CCc1ccccc1C(=O)N1C[C@@H]2COC[C@H](C1)N(C)C2. The zero-order chi connectivity index (χ0) is 14.8. The van der Waals surface area contributed by atoms with Crippen LogP contribution in [0, 0.1) is 5.92 Å². The topological polar surface area (TPSA) is 32.8 Å². The molecular formula is C17H24N2O2. The van der Waals surface area contributed by atoms with Crippen LogP contribution in [-0.4, -0.2) is 61.6 Å². The Morgan fingerprint density at radius 1 is 1.24 bits per heavy atom. The van der Waals surface area contributed by atoms with Gasteiger partial charge in [-0.25, -0.2) is 0 Å². The van der Waals surface area contributed by atoms with Crippen molar-refractivity contribution in [2.45, 2.75) is 19.4 Å². The minimum absolute atomic E-state index is 0.180.